The van der Waals surface area contributed by atoms with Crippen LogP contribution in [0.5, 0.6) is 0 Å². The van der Waals surface area contributed by atoms with Crippen LogP contribution >= 0.6 is 0 Å². The molecule has 238 valence electrons. The average molecular weight is 631 g/mol. The molecule has 3 aromatic rings. The summed E-state index contributed by atoms with van der Waals surface area (Å²) in [6, 6.07) is 9.21. The van der Waals surface area contributed by atoms with Crippen LogP contribution in [0.1, 0.15) is 47.1 Å². The average Bonchev–Trinajstić information content (AvgIpc) is 3.31. The number of hydrogen-bond donors (Lipinski definition) is 0. The fourth-order valence-corrected chi connectivity index (χ4v) is 5.31. The molecule has 44 heavy (non-hydrogen) atoms. The highest BCUT2D eigenvalue weighted by Gasteiger charge is 2.43. The number of fused-ring (bicyclic) bond motifs is 1. The van der Waals surface area contributed by atoms with Crippen molar-refractivity contribution in [2.24, 2.45) is 0 Å². The first-order chi connectivity index (χ1) is 20.3. The molecule has 3 amide bonds. The Labute approximate surface area is 256 Å². The molecule has 0 bridgehead atoms. The molecule has 3 rings (SSSR count). The minimum atomic E-state index is -4.68. The highest BCUT2D eigenvalue weighted by Crippen LogP contribution is 2.23. The van der Waals surface area contributed by atoms with Crippen LogP contribution in [0.2, 0.25) is 0 Å². The van der Waals surface area contributed by atoms with Crippen LogP contribution in [-0.2, 0) is 40.4 Å². The molecule has 1 atom stereocenters. The number of aryl methyl sites for hydroxylation is 1. The fraction of sp³-hybridized carbons (Fsp3) is 0.433. The molecule has 1 aromatic carbocycles. The summed E-state index contributed by atoms with van der Waals surface area (Å²) in [5.74, 6) is -2.23. The summed E-state index contributed by atoms with van der Waals surface area (Å²) in [6.45, 7) is 9.49. The number of rotatable bonds is 8. The SMILES string of the molecule is COC(=O)C(Cn1ccc2cccnc21)N(C(=O)CN(C(=O)OC(C)(C)C)S(=O)(=O)c1ccc(C)cc1)C(=O)OC(C)(C)C. The molecule has 0 aliphatic rings. The number of benzene rings is 1. The van der Waals surface area contributed by atoms with E-state index in [1.165, 1.54) is 55.8 Å². The summed E-state index contributed by atoms with van der Waals surface area (Å²) in [4.78, 5) is 58.5. The van der Waals surface area contributed by atoms with Crippen molar-refractivity contribution >= 4 is 45.1 Å². The predicted molar refractivity (Wildman–Crippen MR) is 160 cm³/mol. The van der Waals surface area contributed by atoms with Crippen molar-refractivity contribution in [3.8, 4) is 0 Å². The van der Waals surface area contributed by atoms with E-state index in [-0.39, 0.29) is 15.7 Å². The Hall–Kier alpha value is -4.46. The van der Waals surface area contributed by atoms with Crippen LogP contribution in [0.4, 0.5) is 9.59 Å². The van der Waals surface area contributed by atoms with Gasteiger partial charge in [0.15, 0.2) is 6.04 Å². The zero-order chi connectivity index (χ0) is 33.0. The normalized spacial score (nSPS) is 12.7. The lowest BCUT2D eigenvalue weighted by Gasteiger charge is -2.33. The van der Waals surface area contributed by atoms with Crippen molar-refractivity contribution in [2.75, 3.05) is 13.7 Å². The maximum absolute atomic E-state index is 14.0. The van der Waals surface area contributed by atoms with Crippen molar-refractivity contribution in [1.29, 1.82) is 0 Å². The molecular weight excluding hydrogens is 592 g/mol. The molecule has 0 N–H and O–H groups in total. The largest absolute Gasteiger partial charge is 0.467 e. The van der Waals surface area contributed by atoms with E-state index in [2.05, 4.69) is 4.98 Å². The third kappa shape index (κ3) is 8.34. The smallest absolute Gasteiger partial charge is 0.424 e. The van der Waals surface area contributed by atoms with Crippen LogP contribution in [0.3, 0.4) is 0 Å². The number of pyridine rings is 1. The van der Waals surface area contributed by atoms with Crippen LogP contribution in [-0.4, -0.2) is 82.1 Å². The van der Waals surface area contributed by atoms with Crippen molar-refractivity contribution < 1.29 is 41.8 Å². The van der Waals surface area contributed by atoms with Gasteiger partial charge in [0.05, 0.1) is 18.6 Å². The molecule has 1 unspecified atom stereocenters. The zero-order valence-electron chi connectivity index (χ0n) is 26.1. The molecule has 0 radical (unpaired) electrons. The number of esters is 1. The summed E-state index contributed by atoms with van der Waals surface area (Å²) < 4.78 is 45.0. The van der Waals surface area contributed by atoms with Crippen LogP contribution < -0.4 is 0 Å². The van der Waals surface area contributed by atoms with E-state index in [1.54, 1.807) is 52.1 Å². The topological polar surface area (TPSA) is 154 Å². The number of imide groups is 1. The zero-order valence-corrected chi connectivity index (χ0v) is 26.9. The molecule has 2 aromatic heterocycles. The van der Waals surface area contributed by atoms with E-state index in [0.29, 0.717) is 10.5 Å². The monoisotopic (exact) mass is 630 g/mol. The quantitative estimate of drug-likeness (QED) is 0.260. The Morgan fingerprint density at radius 2 is 1.50 bits per heavy atom. The first-order valence-corrected chi connectivity index (χ1v) is 15.1. The first-order valence-electron chi connectivity index (χ1n) is 13.7. The summed E-state index contributed by atoms with van der Waals surface area (Å²) in [6.07, 6.45) is 0.544. The molecule has 0 fully saturated rings. The Morgan fingerprint density at radius 1 is 0.909 bits per heavy atom. The van der Waals surface area contributed by atoms with Gasteiger partial charge in [0.25, 0.3) is 15.9 Å². The van der Waals surface area contributed by atoms with Crippen molar-refractivity contribution in [3.63, 3.8) is 0 Å². The lowest BCUT2D eigenvalue weighted by Crippen LogP contribution is -2.56. The number of sulfonamides is 1. The van der Waals surface area contributed by atoms with Crippen molar-refractivity contribution in [1.82, 2.24) is 18.8 Å². The van der Waals surface area contributed by atoms with E-state index < -0.39 is 57.9 Å². The van der Waals surface area contributed by atoms with Gasteiger partial charge in [-0.1, -0.05) is 17.7 Å². The van der Waals surface area contributed by atoms with Gasteiger partial charge in [-0.15, -0.1) is 0 Å². The highest BCUT2D eigenvalue weighted by molar-refractivity contribution is 7.89. The molecule has 0 saturated carbocycles. The molecule has 14 heteroatoms. The standard InChI is InChI=1S/C30H38N4O9S/c1-20-11-13-22(14-12-20)44(39,40)33(27(37)42-29(2,3)4)19-24(35)34(28(38)43-30(5,6)7)23(26(36)41-8)18-32-17-15-21-10-9-16-31-25(21)32/h9-17,23H,18-19H2,1-8H3. The maximum atomic E-state index is 14.0. The fourth-order valence-electron chi connectivity index (χ4n) is 4.06. The van der Waals surface area contributed by atoms with E-state index in [4.69, 9.17) is 14.2 Å². The van der Waals surface area contributed by atoms with Crippen LogP contribution in [0.15, 0.2) is 59.8 Å². The number of hydrogen-bond acceptors (Lipinski definition) is 10. The Balaban J connectivity index is 2.12. The molecule has 2 heterocycles. The molecular formula is C30H38N4O9S. The number of ether oxygens (including phenoxy) is 3. The first kappa shape index (κ1) is 34.0. The number of carbonyl (C=O) groups excluding carboxylic acids is 4. The lowest BCUT2D eigenvalue weighted by molar-refractivity contribution is -0.152. The minimum Gasteiger partial charge on any atom is -0.467 e. The summed E-state index contributed by atoms with van der Waals surface area (Å²) in [5, 5.41) is 0.728. The van der Waals surface area contributed by atoms with Gasteiger partial charge in [-0.2, -0.15) is 4.31 Å². The van der Waals surface area contributed by atoms with Gasteiger partial charge in [-0.25, -0.2) is 32.7 Å². The van der Waals surface area contributed by atoms with Gasteiger partial charge in [0, 0.05) is 17.8 Å². The molecule has 0 aliphatic heterocycles. The van der Waals surface area contributed by atoms with E-state index in [0.717, 1.165) is 18.1 Å². The van der Waals surface area contributed by atoms with Crippen molar-refractivity contribution in [3.05, 3.63) is 60.4 Å². The predicted octanol–water partition coefficient (Wildman–Crippen LogP) is 4.28. The summed E-state index contributed by atoms with van der Waals surface area (Å²) in [5.41, 5.74) is -1.04. The Bertz CT molecular complexity index is 1640. The Kier molecular flexibility index (Phi) is 10.1. The van der Waals surface area contributed by atoms with Crippen LogP contribution in [0, 0.1) is 6.92 Å². The second-order valence-corrected chi connectivity index (χ2v) is 13.8. The molecule has 13 nitrogen and oxygen atoms in total. The second kappa shape index (κ2) is 13.0. The lowest BCUT2D eigenvalue weighted by atomic mass is 10.2. The summed E-state index contributed by atoms with van der Waals surface area (Å²) >= 11 is 0. The van der Waals surface area contributed by atoms with Gasteiger partial charge in [0.2, 0.25) is 0 Å². The Morgan fingerprint density at radius 3 is 2.07 bits per heavy atom. The van der Waals surface area contributed by atoms with Crippen LogP contribution in [0.25, 0.3) is 11.0 Å². The molecule has 0 saturated heterocycles. The van der Waals surface area contributed by atoms with Gasteiger partial charge >= 0.3 is 18.2 Å². The number of amides is 3. The summed E-state index contributed by atoms with van der Waals surface area (Å²) in [7, 11) is -3.60. The third-order valence-corrected chi connectivity index (χ3v) is 7.75. The number of carbonyl (C=O) groups is 4. The van der Waals surface area contributed by atoms with E-state index in [1.807, 2.05) is 0 Å². The maximum Gasteiger partial charge on any atom is 0.424 e. The minimum absolute atomic E-state index is 0.226. The second-order valence-electron chi connectivity index (χ2n) is 12.0. The molecule has 0 spiro atoms. The van der Waals surface area contributed by atoms with Gasteiger partial charge in [-0.05, 0) is 78.8 Å². The van der Waals surface area contributed by atoms with Gasteiger partial charge in [0.1, 0.15) is 23.4 Å². The number of methoxy groups -OCH3 is 1. The highest BCUT2D eigenvalue weighted by atomic mass is 32.2. The van der Waals surface area contributed by atoms with E-state index in [9.17, 15) is 27.6 Å². The third-order valence-electron chi connectivity index (χ3n) is 6.02. The number of nitrogens with zero attached hydrogens (tertiary/aromatic N) is 4. The number of aromatic nitrogens is 2. The van der Waals surface area contributed by atoms with Crippen molar-refractivity contribution in [2.45, 2.75) is 77.2 Å². The van der Waals surface area contributed by atoms with Gasteiger partial charge in [-0.3, -0.25) is 4.79 Å². The van der Waals surface area contributed by atoms with Gasteiger partial charge < -0.3 is 18.8 Å². The van der Waals surface area contributed by atoms with E-state index >= 15 is 0 Å². The molecule has 0 aliphatic carbocycles.